The van der Waals surface area contributed by atoms with E-state index in [1.807, 2.05) is 0 Å². The SMILES string of the molecule is NNc1ncc(Cl)c(Nc2ccc(OC(F)(F)F)cc2)n1. The lowest BCUT2D eigenvalue weighted by molar-refractivity contribution is -0.274. The Morgan fingerprint density at radius 1 is 1.19 bits per heavy atom. The van der Waals surface area contributed by atoms with Crippen molar-refractivity contribution in [3.63, 3.8) is 0 Å². The lowest BCUT2D eigenvalue weighted by Crippen LogP contribution is -2.17. The molecule has 0 saturated carbocycles. The summed E-state index contributed by atoms with van der Waals surface area (Å²) in [4.78, 5) is 7.76. The molecule has 21 heavy (non-hydrogen) atoms. The lowest BCUT2D eigenvalue weighted by atomic mass is 10.3. The molecule has 2 rings (SSSR count). The summed E-state index contributed by atoms with van der Waals surface area (Å²) < 4.78 is 39.9. The first kappa shape index (κ1) is 15.1. The molecule has 0 spiro atoms. The number of aromatic nitrogens is 2. The maximum Gasteiger partial charge on any atom is 0.573 e. The smallest absolute Gasteiger partial charge is 0.406 e. The third kappa shape index (κ3) is 4.36. The van der Waals surface area contributed by atoms with Gasteiger partial charge in [0.05, 0.1) is 6.20 Å². The highest BCUT2D eigenvalue weighted by molar-refractivity contribution is 6.32. The third-order valence-electron chi connectivity index (χ3n) is 2.22. The number of nitrogen functional groups attached to an aromatic ring is 1. The van der Waals surface area contributed by atoms with Crippen molar-refractivity contribution < 1.29 is 17.9 Å². The van der Waals surface area contributed by atoms with Crippen LogP contribution in [0.2, 0.25) is 5.02 Å². The molecule has 0 bridgehead atoms. The van der Waals surface area contributed by atoms with E-state index >= 15 is 0 Å². The number of rotatable bonds is 4. The van der Waals surface area contributed by atoms with Gasteiger partial charge in [-0.3, -0.25) is 5.43 Å². The Kier molecular flexibility index (Phi) is 4.34. The number of anilines is 3. The molecular weight excluding hydrogens is 311 g/mol. The molecule has 0 radical (unpaired) electrons. The second-order valence-corrected chi connectivity index (χ2v) is 4.14. The summed E-state index contributed by atoms with van der Waals surface area (Å²) in [6.07, 6.45) is -3.40. The molecule has 10 heteroatoms. The molecule has 0 aliphatic carbocycles. The number of benzene rings is 1. The Morgan fingerprint density at radius 2 is 1.86 bits per heavy atom. The molecule has 2 aromatic rings. The number of alkyl halides is 3. The molecule has 1 aromatic carbocycles. The van der Waals surface area contributed by atoms with Crippen LogP contribution in [0.3, 0.4) is 0 Å². The van der Waals surface area contributed by atoms with Gasteiger partial charge in [-0.05, 0) is 24.3 Å². The molecule has 4 N–H and O–H groups in total. The quantitative estimate of drug-likeness (QED) is 0.593. The second kappa shape index (κ2) is 6.02. The van der Waals surface area contributed by atoms with Crippen molar-refractivity contribution in [2.75, 3.05) is 10.7 Å². The molecule has 6 nitrogen and oxygen atoms in total. The predicted molar refractivity (Wildman–Crippen MR) is 71.3 cm³/mol. The topological polar surface area (TPSA) is 85.1 Å². The van der Waals surface area contributed by atoms with E-state index in [9.17, 15) is 13.2 Å². The molecule has 0 aliphatic heterocycles. The number of ether oxygens (including phenoxy) is 1. The van der Waals surface area contributed by atoms with Crippen LogP contribution in [0.4, 0.5) is 30.6 Å². The molecule has 0 amide bonds. The van der Waals surface area contributed by atoms with Gasteiger partial charge in [0.15, 0.2) is 5.82 Å². The number of nitrogens with two attached hydrogens (primary N) is 1. The minimum absolute atomic E-state index is 0.138. The summed E-state index contributed by atoms with van der Waals surface area (Å²) in [7, 11) is 0. The summed E-state index contributed by atoms with van der Waals surface area (Å²) in [6, 6.07) is 5.09. The average Bonchev–Trinajstić information content (AvgIpc) is 2.42. The summed E-state index contributed by atoms with van der Waals surface area (Å²) in [6.45, 7) is 0. The number of nitrogens with one attached hydrogen (secondary N) is 2. The van der Waals surface area contributed by atoms with Gasteiger partial charge in [-0.1, -0.05) is 11.6 Å². The first-order chi connectivity index (χ1) is 9.87. The molecule has 0 aliphatic rings. The van der Waals surface area contributed by atoms with Crippen molar-refractivity contribution in [1.29, 1.82) is 0 Å². The van der Waals surface area contributed by atoms with Crippen molar-refractivity contribution in [2.45, 2.75) is 6.36 Å². The maximum atomic E-state index is 12.0. The van der Waals surface area contributed by atoms with Gasteiger partial charge in [-0.2, -0.15) is 4.98 Å². The summed E-state index contributed by atoms with van der Waals surface area (Å²) in [5.41, 5.74) is 2.72. The van der Waals surface area contributed by atoms with Gasteiger partial charge in [-0.25, -0.2) is 10.8 Å². The van der Waals surface area contributed by atoms with Gasteiger partial charge in [0, 0.05) is 5.69 Å². The van der Waals surface area contributed by atoms with E-state index in [1.54, 1.807) is 0 Å². The average molecular weight is 320 g/mol. The van der Waals surface area contributed by atoms with Gasteiger partial charge >= 0.3 is 6.36 Å². The van der Waals surface area contributed by atoms with E-state index in [0.29, 0.717) is 5.69 Å². The van der Waals surface area contributed by atoms with Crippen LogP contribution in [0.5, 0.6) is 5.75 Å². The minimum Gasteiger partial charge on any atom is -0.406 e. The number of nitrogens with zero attached hydrogens (tertiary/aromatic N) is 2. The zero-order chi connectivity index (χ0) is 15.5. The molecule has 0 saturated heterocycles. The normalized spacial score (nSPS) is 11.1. The van der Waals surface area contributed by atoms with Gasteiger partial charge < -0.3 is 10.1 Å². The van der Waals surface area contributed by atoms with E-state index in [1.165, 1.54) is 18.3 Å². The van der Waals surface area contributed by atoms with E-state index in [0.717, 1.165) is 12.1 Å². The number of hydrazine groups is 1. The molecular formula is C11H9ClF3N5O. The van der Waals surface area contributed by atoms with E-state index in [-0.39, 0.29) is 22.5 Å². The van der Waals surface area contributed by atoms with Gasteiger partial charge in [0.1, 0.15) is 10.8 Å². The summed E-state index contributed by atoms with van der Waals surface area (Å²) in [5.74, 6) is 5.24. The van der Waals surface area contributed by atoms with Crippen molar-refractivity contribution in [1.82, 2.24) is 9.97 Å². The largest absolute Gasteiger partial charge is 0.573 e. The van der Waals surface area contributed by atoms with Crippen LogP contribution < -0.4 is 21.3 Å². The van der Waals surface area contributed by atoms with Gasteiger partial charge in [0.25, 0.3) is 0 Å². The highest BCUT2D eigenvalue weighted by Crippen LogP contribution is 2.27. The maximum absolute atomic E-state index is 12.0. The highest BCUT2D eigenvalue weighted by atomic mass is 35.5. The van der Waals surface area contributed by atoms with Gasteiger partial charge in [-0.15, -0.1) is 13.2 Å². The lowest BCUT2D eigenvalue weighted by Gasteiger charge is -2.11. The predicted octanol–water partition coefficient (Wildman–Crippen LogP) is 3.06. The highest BCUT2D eigenvalue weighted by Gasteiger charge is 2.30. The van der Waals surface area contributed by atoms with Crippen LogP contribution in [0, 0.1) is 0 Å². The van der Waals surface area contributed by atoms with Crippen molar-refractivity contribution in [3.05, 3.63) is 35.5 Å². The Hall–Kier alpha value is -2.26. The summed E-state index contributed by atoms with van der Waals surface area (Å²) in [5, 5.41) is 3.05. The molecule has 1 aromatic heterocycles. The Bertz CT molecular complexity index is 620. The number of halogens is 4. The number of hydrogen-bond donors (Lipinski definition) is 3. The first-order valence-corrected chi connectivity index (χ1v) is 5.87. The summed E-state index contributed by atoms with van der Waals surface area (Å²) >= 11 is 5.89. The Balaban J connectivity index is 2.13. The molecule has 0 atom stereocenters. The van der Waals surface area contributed by atoms with Crippen LogP contribution in [-0.2, 0) is 0 Å². The first-order valence-electron chi connectivity index (χ1n) is 5.49. The third-order valence-corrected chi connectivity index (χ3v) is 2.50. The number of hydrogen-bond acceptors (Lipinski definition) is 6. The molecule has 0 unspecified atom stereocenters. The van der Waals surface area contributed by atoms with Crippen molar-refractivity contribution in [3.8, 4) is 5.75 Å². The van der Waals surface area contributed by atoms with Crippen LogP contribution >= 0.6 is 11.6 Å². The second-order valence-electron chi connectivity index (χ2n) is 3.73. The minimum atomic E-state index is -4.73. The van der Waals surface area contributed by atoms with Crippen LogP contribution in [0.1, 0.15) is 0 Å². The zero-order valence-corrected chi connectivity index (χ0v) is 11.0. The monoisotopic (exact) mass is 319 g/mol. The van der Waals surface area contributed by atoms with E-state index in [4.69, 9.17) is 17.4 Å². The van der Waals surface area contributed by atoms with Gasteiger partial charge in [0.2, 0.25) is 5.95 Å². The fraction of sp³-hybridized carbons (Fsp3) is 0.0909. The molecule has 1 heterocycles. The fourth-order valence-electron chi connectivity index (χ4n) is 1.40. The molecule has 112 valence electrons. The fourth-order valence-corrected chi connectivity index (χ4v) is 1.54. The van der Waals surface area contributed by atoms with Crippen LogP contribution in [-0.4, -0.2) is 16.3 Å². The van der Waals surface area contributed by atoms with E-state index < -0.39 is 6.36 Å². The standard InChI is InChI=1S/C11H9ClF3N5O/c12-8-5-17-10(20-16)19-9(8)18-6-1-3-7(4-2-6)21-11(13,14)15/h1-5H,16H2,(H2,17,18,19,20). The van der Waals surface area contributed by atoms with Crippen molar-refractivity contribution >= 4 is 29.1 Å². The zero-order valence-electron chi connectivity index (χ0n) is 10.3. The Labute approximate surface area is 122 Å². The Morgan fingerprint density at radius 3 is 2.43 bits per heavy atom. The van der Waals surface area contributed by atoms with Crippen LogP contribution in [0.15, 0.2) is 30.5 Å². The van der Waals surface area contributed by atoms with E-state index in [2.05, 4.69) is 25.4 Å². The molecule has 0 fully saturated rings. The van der Waals surface area contributed by atoms with Crippen LogP contribution in [0.25, 0.3) is 0 Å². The van der Waals surface area contributed by atoms with Crippen molar-refractivity contribution in [2.24, 2.45) is 5.84 Å².